The van der Waals surface area contributed by atoms with Crippen LogP contribution in [-0.2, 0) is 0 Å². The van der Waals surface area contributed by atoms with Gasteiger partial charge < -0.3 is 16.8 Å². The fourth-order valence-electron chi connectivity index (χ4n) is 3.73. The van der Waals surface area contributed by atoms with Crippen LogP contribution in [0.15, 0.2) is 29.2 Å². The van der Waals surface area contributed by atoms with E-state index in [1.54, 1.807) is 18.2 Å². The van der Waals surface area contributed by atoms with Crippen LogP contribution in [-0.4, -0.2) is 29.7 Å². The van der Waals surface area contributed by atoms with Gasteiger partial charge in [-0.05, 0) is 30.9 Å². The zero-order valence-corrected chi connectivity index (χ0v) is 18.4. The summed E-state index contributed by atoms with van der Waals surface area (Å²) in [5, 5.41) is 20.3. The number of benzene rings is 1. The molecule has 0 radical (unpaired) electrons. The summed E-state index contributed by atoms with van der Waals surface area (Å²) in [5.74, 6) is 0.871. The summed E-state index contributed by atoms with van der Waals surface area (Å²) in [5.41, 5.74) is 11.5. The zero-order valence-electron chi connectivity index (χ0n) is 16.9. The Hall–Kier alpha value is -3.88. The van der Waals surface area contributed by atoms with Crippen LogP contribution in [0.1, 0.15) is 30.3 Å². The minimum absolute atomic E-state index is 0.0469. The molecule has 3 heterocycles. The molecular formula is C20H16Cl2N10O. The molecule has 1 aliphatic rings. The molecule has 6 N–H and O–H groups in total. The van der Waals surface area contributed by atoms with Crippen molar-refractivity contribution in [3.8, 4) is 11.9 Å². The van der Waals surface area contributed by atoms with Crippen LogP contribution in [0.25, 0.3) is 16.7 Å². The Morgan fingerprint density at radius 2 is 1.94 bits per heavy atom. The average Bonchev–Trinajstić information content (AvgIpc) is 3.48. The van der Waals surface area contributed by atoms with E-state index < -0.39 is 11.6 Å². The first-order valence-corrected chi connectivity index (χ1v) is 10.6. The molecule has 0 aliphatic heterocycles. The first-order valence-electron chi connectivity index (χ1n) is 9.89. The smallest absolute Gasteiger partial charge is 0.268 e. The Kier molecular flexibility index (Phi) is 5.03. The lowest BCUT2D eigenvalue weighted by molar-refractivity contribution is 0.605. The van der Waals surface area contributed by atoms with Crippen molar-refractivity contribution in [1.82, 2.24) is 29.7 Å². The third kappa shape index (κ3) is 3.59. The van der Waals surface area contributed by atoms with Gasteiger partial charge in [-0.2, -0.15) is 20.3 Å². The number of nitrogens with two attached hydrogens (primary N) is 2. The third-order valence-electron chi connectivity index (χ3n) is 5.41. The molecule has 0 unspecified atom stereocenters. The molecule has 0 amide bonds. The molecule has 1 atom stereocenters. The summed E-state index contributed by atoms with van der Waals surface area (Å²) in [4.78, 5) is 26.4. The highest BCUT2D eigenvalue weighted by Gasteiger charge is 2.37. The molecule has 4 aromatic rings. The number of hydrogen-bond donors (Lipinski definition) is 4. The van der Waals surface area contributed by atoms with Gasteiger partial charge in [0.1, 0.15) is 29.1 Å². The molecule has 1 aromatic carbocycles. The lowest BCUT2D eigenvalue weighted by atomic mass is 10.1. The lowest BCUT2D eigenvalue weighted by Crippen LogP contribution is -2.30. The van der Waals surface area contributed by atoms with Crippen molar-refractivity contribution in [3.63, 3.8) is 0 Å². The quantitative estimate of drug-likeness (QED) is 0.332. The second-order valence-electron chi connectivity index (χ2n) is 7.57. The molecule has 0 spiro atoms. The molecule has 166 valence electrons. The van der Waals surface area contributed by atoms with Crippen LogP contribution in [0.4, 0.5) is 17.6 Å². The van der Waals surface area contributed by atoms with E-state index in [2.05, 4.69) is 25.5 Å². The number of H-pyrrole nitrogens is 1. The highest BCUT2D eigenvalue weighted by atomic mass is 35.5. The number of aromatic nitrogens is 6. The van der Waals surface area contributed by atoms with Crippen molar-refractivity contribution in [2.45, 2.75) is 18.9 Å². The molecule has 13 heteroatoms. The Bertz CT molecular complexity index is 1490. The van der Waals surface area contributed by atoms with Gasteiger partial charge in [0.2, 0.25) is 5.95 Å². The van der Waals surface area contributed by atoms with Gasteiger partial charge in [-0.25, -0.2) is 9.55 Å². The van der Waals surface area contributed by atoms with Gasteiger partial charge in [0.05, 0.1) is 33.2 Å². The van der Waals surface area contributed by atoms with Gasteiger partial charge in [0, 0.05) is 6.07 Å². The maximum Gasteiger partial charge on any atom is 0.268 e. The number of hydrogen-bond acceptors (Lipinski definition) is 9. The van der Waals surface area contributed by atoms with Gasteiger partial charge >= 0.3 is 0 Å². The zero-order chi connectivity index (χ0) is 23.3. The maximum absolute atomic E-state index is 13.6. The van der Waals surface area contributed by atoms with Gasteiger partial charge in [0.15, 0.2) is 5.82 Å². The van der Waals surface area contributed by atoms with Crippen molar-refractivity contribution < 1.29 is 0 Å². The molecule has 1 aliphatic carbocycles. The highest BCUT2D eigenvalue weighted by molar-refractivity contribution is 6.39. The number of anilines is 3. The topological polar surface area (TPSA) is 177 Å². The SMILES string of the molecule is N#Cc1c(N)nc(N)nc1N[C@H](c1nc2c(Cl)ccc(Cl)c2c(=O)n1-c1ccn[nH]1)C1CC1. The molecule has 0 saturated heterocycles. The summed E-state index contributed by atoms with van der Waals surface area (Å²) < 4.78 is 1.40. The maximum atomic E-state index is 13.6. The summed E-state index contributed by atoms with van der Waals surface area (Å²) >= 11 is 12.7. The van der Waals surface area contributed by atoms with Crippen LogP contribution in [0, 0.1) is 17.2 Å². The van der Waals surface area contributed by atoms with Crippen molar-refractivity contribution in [3.05, 3.63) is 56.2 Å². The van der Waals surface area contributed by atoms with E-state index in [1.807, 2.05) is 6.07 Å². The molecule has 5 rings (SSSR count). The fraction of sp³-hybridized carbons (Fsp3) is 0.200. The predicted molar refractivity (Wildman–Crippen MR) is 124 cm³/mol. The van der Waals surface area contributed by atoms with E-state index in [9.17, 15) is 10.1 Å². The van der Waals surface area contributed by atoms with Gasteiger partial charge in [-0.3, -0.25) is 9.89 Å². The Balaban J connectivity index is 1.78. The molecule has 0 bridgehead atoms. The first-order chi connectivity index (χ1) is 15.9. The second-order valence-corrected chi connectivity index (χ2v) is 8.38. The number of fused-ring (bicyclic) bond motifs is 1. The van der Waals surface area contributed by atoms with E-state index in [4.69, 9.17) is 39.7 Å². The minimum atomic E-state index is -0.527. The summed E-state index contributed by atoms with van der Waals surface area (Å²) in [6.45, 7) is 0. The number of aromatic amines is 1. The minimum Gasteiger partial charge on any atom is -0.382 e. The van der Waals surface area contributed by atoms with Crippen LogP contribution >= 0.6 is 23.2 Å². The van der Waals surface area contributed by atoms with Gasteiger partial charge in [0.25, 0.3) is 5.56 Å². The standard InChI is InChI=1S/C20H16Cl2N10O/c21-10-3-4-11(22)15-13(10)19(33)32(12-5-6-26-31-12)18(28-15)14(8-1-2-8)27-17-9(7-23)16(24)29-20(25)30-17/h3-6,8,14H,1-2H2,(H,26,31)(H5,24,25,27,29,30)/t14-/m0/s1. The second kappa shape index (κ2) is 7.91. The van der Waals surface area contributed by atoms with Crippen LogP contribution in [0.2, 0.25) is 10.0 Å². The normalized spacial score (nSPS) is 14.2. The van der Waals surface area contributed by atoms with E-state index in [0.29, 0.717) is 11.6 Å². The van der Waals surface area contributed by atoms with Crippen LogP contribution in [0.3, 0.4) is 0 Å². The van der Waals surface area contributed by atoms with E-state index in [1.165, 1.54) is 10.8 Å². The third-order valence-corrected chi connectivity index (χ3v) is 6.03. The Morgan fingerprint density at radius 3 is 2.61 bits per heavy atom. The Labute approximate surface area is 196 Å². The number of nitrogen functional groups attached to an aromatic ring is 2. The van der Waals surface area contributed by atoms with E-state index in [0.717, 1.165) is 12.8 Å². The van der Waals surface area contributed by atoms with Crippen LogP contribution in [0.5, 0.6) is 0 Å². The van der Waals surface area contributed by atoms with Crippen molar-refractivity contribution in [2.75, 3.05) is 16.8 Å². The van der Waals surface area contributed by atoms with Crippen molar-refractivity contribution in [1.29, 1.82) is 5.26 Å². The Morgan fingerprint density at radius 1 is 1.18 bits per heavy atom. The predicted octanol–water partition coefficient (Wildman–Crippen LogP) is 2.80. The van der Waals surface area contributed by atoms with E-state index in [-0.39, 0.29) is 50.0 Å². The highest BCUT2D eigenvalue weighted by Crippen LogP contribution is 2.43. The lowest BCUT2D eigenvalue weighted by Gasteiger charge is -2.23. The fourth-order valence-corrected chi connectivity index (χ4v) is 4.16. The number of rotatable bonds is 5. The molecule has 11 nitrogen and oxygen atoms in total. The van der Waals surface area contributed by atoms with Crippen LogP contribution < -0.4 is 22.3 Å². The van der Waals surface area contributed by atoms with Crippen molar-refractivity contribution in [2.24, 2.45) is 5.92 Å². The largest absolute Gasteiger partial charge is 0.382 e. The van der Waals surface area contributed by atoms with Gasteiger partial charge in [-0.1, -0.05) is 23.2 Å². The van der Waals surface area contributed by atoms with Gasteiger partial charge in [-0.15, -0.1) is 0 Å². The molecule has 1 saturated carbocycles. The summed E-state index contributed by atoms with van der Waals surface area (Å²) in [6.07, 6.45) is 3.26. The molecule has 3 aromatic heterocycles. The number of nitrogens with zero attached hydrogens (tertiary/aromatic N) is 6. The number of nitrogens with one attached hydrogen (secondary N) is 2. The summed E-state index contributed by atoms with van der Waals surface area (Å²) in [7, 11) is 0. The molecule has 33 heavy (non-hydrogen) atoms. The number of halogens is 2. The van der Waals surface area contributed by atoms with Crippen molar-refractivity contribution >= 4 is 51.7 Å². The first kappa shape index (κ1) is 21.0. The summed E-state index contributed by atoms with van der Waals surface area (Å²) in [6, 6.07) is 6.25. The molecule has 1 fully saturated rings. The molecular weight excluding hydrogens is 467 g/mol. The van der Waals surface area contributed by atoms with E-state index >= 15 is 0 Å². The number of nitriles is 1. The monoisotopic (exact) mass is 482 g/mol. The average molecular weight is 483 g/mol.